The van der Waals surface area contributed by atoms with E-state index >= 15 is 0 Å². The van der Waals surface area contributed by atoms with Crippen LogP contribution in [0.5, 0.6) is 11.5 Å². The summed E-state index contributed by atoms with van der Waals surface area (Å²) in [5.74, 6) is -0.773. The summed E-state index contributed by atoms with van der Waals surface area (Å²) < 4.78 is 16.2. The van der Waals surface area contributed by atoms with E-state index in [1.165, 1.54) is 23.3 Å². The zero-order valence-electron chi connectivity index (χ0n) is 23.0. The summed E-state index contributed by atoms with van der Waals surface area (Å²) in [5.41, 5.74) is 7.71. The van der Waals surface area contributed by atoms with Crippen LogP contribution in [-0.2, 0) is 32.0 Å². The fourth-order valence-corrected chi connectivity index (χ4v) is 4.67. The van der Waals surface area contributed by atoms with Crippen molar-refractivity contribution in [2.24, 2.45) is 5.92 Å². The first-order valence-corrected chi connectivity index (χ1v) is 13.0. The van der Waals surface area contributed by atoms with Gasteiger partial charge >= 0.3 is 17.9 Å². The quantitative estimate of drug-likeness (QED) is 0.171. The van der Waals surface area contributed by atoms with Crippen molar-refractivity contribution in [2.45, 2.75) is 33.6 Å². The molecule has 1 unspecified atom stereocenters. The lowest BCUT2D eigenvalue weighted by Crippen LogP contribution is -2.12. The molecule has 0 spiro atoms. The number of benzene rings is 3. The molecule has 0 N–H and O–H groups in total. The van der Waals surface area contributed by atoms with Crippen molar-refractivity contribution in [3.05, 3.63) is 108 Å². The second-order valence-corrected chi connectivity index (χ2v) is 10.1. The van der Waals surface area contributed by atoms with Crippen LogP contribution >= 0.6 is 0 Å². The van der Waals surface area contributed by atoms with Crippen molar-refractivity contribution in [2.75, 3.05) is 6.61 Å². The molecule has 40 heavy (non-hydrogen) atoms. The number of esters is 3. The van der Waals surface area contributed by atoms with Gasteiger partial charge < -0.3 is 14.2 Å². The number of rotatable bonds is 9. The molecule has 1 aliphatic carbocycles. The highest BCUT2D eigenvalue weighted by Gasteiger charge is 2.23. The van der Waals surface area contributed by atoms with Gasteiger partial charge in [0.2, 0.25) is 0 Å². The van der Waals surface area contributed by atoms with Crippen LogP contribution in [0.2, 0.25) is 0 Å². The Balaban J connectivity index is 1.61. The molecule has 0 saturated carbocycles. The number of carbonyl (C=O) groups excluding carboxylic acids is 3. The molecule has 0 fully saturated rings. The monoisotopic (exact) mass is 536 g/mol. The largest absolute Gasteiger partial charge is 0.462 e. The van der Waals surface area contributed by atoms with Crippen LogP contribution in [0.15, 0.2) is 91.6 Å². The predicted octanol–water partition coefficient (Wildman–Crippen LogP) is 6.74. The van der Waals surface area contributed by atoms with E-state index < -0.39 is 17.9 Å². The fourth-order valence-electron chi connectivity index (χ4n) is 4.67. The third-order valence-corrected chi connectivity index (χ3v) is 6.76. The topological polar surface area (TPSA) is 78.9 Å². The van der Waals surface area contributed by atoms with Gasteiger partial charge in [-0.3, -0.25) is 0 Å². The summed E-state index contributed by atoms with van der Waals surface area (Å²) in [6.07, 6.45) is 2.91. The molecule has 6 nitrogen and oxygen atoms in total. The number of hydrogen-bond donors (Lipinski definition) is 0. The van der Waals surface area contributed by atoms with Gasteiger partial charge in [0.05, 0.1) is 6.61 Å². The minimum absolute atomic E-state index is 0.242. The van der Waals surface area contributed by atoms with Crippen molar-refractivity contribution in [1.29, 1.82) is 0 Å². The molecule has 0 heterocycles. The van der Waals surface area contributed by atoms with E-state index in [0.29, 0.717) is 12.2 Å². The molecule has 0 saturated heterocycles. The molecule has 204 valence electrons. The Kier molecular flexibility index (Phi) is 8.49. The number of ether oxygens (including phenoxy) is 3. The van der Waals surface area contributed by atoms with Gasteiger partial charge in [0.25, 0.3) is 0 Å². The number of hydrogen-bond acceptors (Lipinski definition) is 6. The SMILES string of the molecule is C=CC(=O)OCC1Cc2ccc(-c3ccc(-c4ccc(OC(=O)C(=C)C)cc4OC(=O)C(=C)C)c(C)c3)cc2C1. The number of carbonyl (C=O) groups is 3. The Bertz CT molecular complexity index is 1540. The molecule has 0 aliphatic heterocycles. The zero-order valence-corrected chi connectivity index (χ0v) is 23.0. The number of aryl methyl sites for hydroxylation is 1. The Morgan fingerprint density at radius 2 is 1.45 bits per heavy atom. The van der Waals surface area contributed by atoms with Crippen LogP contribution in [0.25, 0.3) is 22.3 Å². The van der Waals surface area contributed by atoms with Gasteiger partial charge in [-0.1, -0.05) is 56.1 Å². The average Bonchev–Trinajstić information content (AvgIpc) is 3.34. The van der Waals surface area contributed by atoms with Crippen molar-refractivity contribution in [3.8, 4) is 33.8 Å². The Morgan fingerprint density at radius 3 is 2.12 bits per heavy atom. The molecule has 0 radical (unpaired) electrons. The lowest BCUT2D eigenvalue weighted by molar-refractivity contribution is -0.139. The van der Waals surface area contributed by atoms with Gasteiger partial charge in [-0.25, -0.2) is 14.4 Å². The highest BCUT2D eigenvalue weighted by molar-refractivity contribution is 5.91. The van der Waals surface area contributed by atoms with Crippen LogP contribution in [0.4, 0.5) is 0 Å². The van der Waals surface area contributed by atoms with Gasteiger partial charge in [0, 0.05) is 34.8 Å². The molecule has 0 amide bonds. The Labute approximate surface area is 234 Å². The summed E-state index contributed by atoms with van der Waals surface area (Å²) in [6, 6.07) is 17.5. The van der Waals surface area contributed by atoms with Gasteiger partial charge in [-0.2, -0.15) is 0 Å². The summed E-state index contributed by atoms with van der Waals surface area (Å²) >= 11 is 0. The van der Waals surface area contributed by atoms with Crippen molar-refractivity contribution >= 4 is 17.9 Å². The lowest BCUT2D eigenvalue weighted by Gasteiger charge is -2.15. The van der Waals surface area contributed by atoms with Crippen LogP contribution in [-0.4, -0.2) is 24.5 Å². The first kappa shape index (κ1) is 28.3. The minimum atomic E-state index is -0.574. The Morgan fingerprint density at radius 1 is 0.825 bits per heavy atom. The summed E-state index contributed by atoms with van der Waals surface area (Å²) in [7, 11) is 0. The van der Waals surface area contributed by atoms with Gasteiger partial charge in [0.15, 0.2) is 0 Å². The van der Waals surface area contributed by atoms with Gasteiger partial charge in [-0.15, -0.1) is 0 Å². The smallest absolute Gasteiger partial charge is 0.338 e. The average molecular weight is 537 g/mol. The van der Waals surface area contributed by atoms with Crippen LogP contribution < -0.4 is 9.47 Å². The third kappa shape index (κ3) is 6.46. The maximum absolute atomic E-state index is 12.4. The second kappa shape index (κ2) is 12.0. The highest BCUT2D eigenvalue weighted by Crippen LogP contribution is 2.38. The van der Waals surface area contributed by atoms with E-state index in [-0.39, 0.29) is 28.6 Å². The predicted molar refractivity (Wildman–Crippen MR) is 155 cm³/mol. The Hall–Kier alpha value is -4.71. The standard InChI is InChI=1S/C34H32O6/c1-7-32(35)38-19-23-15-25-8-9-26(17-27(25)16-23)24-10-12-29(22(6)14-24)30-13-11-28(39-33(36)20(2)3)18-31(30)40-34(37)21(4)5/h7-14,17-18,23H,1-2,4,15-16,19H2,3,5-6H3. The van der Waals surface area contributed by atoms with E-state index in [2.05, 4.69) is 44.0 Å². The molecule has 6 heteroatoms. The van der Waals surface area contributed by atoms with E-state index in [9.17, 15) is 14.4 Å². The molecule has 1 aliphatic rings. The first-order valence-electron chi connectivity index (χ1n) is 13.0. The van der Waals surface area contributed by atoms with Gasteiger partial charge in [0.1, 0.15) is 11.5 Å². The van der Waals surface area contributed by atoms with E-state index in [1.807, 2.05) is 19.1 Å². The van der Waals surface area contributed by atoms with Crippen LogP contribution in [0, 0.1) is 12.8 Å². The normalized spacial score (nSPS) is 13.6. The maximum atomic E-state index is 12.4. The van der Waals surface area contributed by atoms with Crippen molar-refractivity contribution in [3.63, 3.8) is 0 Å². The minimum Gasteiger partial charge on any atom is -0.462 e. The maximum Gasteiger partial charge on any atom is 0.338 e. The summed E-state index contributed by atoms with van der Waals surface area (Å²) in [4.78, 5) is 35.9. The molecular weight excluding hydrogens is 504 g/mol. The number of fused-ring (bicyclic) bond motifs is 1. The van der Waals surface area contributed by atoms with Crippen molar-refractivity contribution < 1.29 is 28.6 Å². The fraction of sp³-hybridized carbons (Fsp3) is 0.206. The molecule has 1 atom stereocenters. The van der Waals surface area contributed by atoms with Crippen molar-refractivity contribution in [1.82, 2.24) is 0 Å². The molecule has 3 aromatic rings. The van der Waals surface area contributed by atoms with E-state index in [0.717, 1.165) is 35.1 Å². The zero-order chi connectivity index (χ0) is 29.0. The molecular formula is C34H32O6. The lowest BCUT2D eigenvalue weighted by atomic mass is 9.94. The van der Waals surface area contributed by atoms with Gasteiger partial charge in [-0.05, 0) is 79.1 Å². The molecule has 4 rings (SSSR count). The molecule has 0 aromatic heterocycles. The first-order chi connectivity index (χ1) is 19.0. The van der Waals surface area contributed by atoms with Crippen LogP contribution in [0.1, 0.15) is 30.5 Å². The summed E-state index contributed by atoms with van der Waals surface area (Å²) in [5, 5.41) is 0. The molecule has 0 bridgehead atoms. The highest BCUT2D eigenvalue weighted by atomic mass is 16.5. The van der Waals surface area contributed by atoms with E-state index in [1.54, 1.807) is 26.0 Å². The molecule has 3 aromatic carbocycles. The summed E-state index contributed by atoms with van der Waals surface area (Å²) in [6.45, 7) is 16.2. The van der Waals surface area contributed by atoms with Crippen LogP contribution in [0.3, 0.4) is 0 Å². The second-order valence-electron chi connectivity index (χ2n) is 10.1. The third-order valence-electron chi connectivity index (χ3n) is 6.76. The van der Waals surface area contributed by atoms with E-state index in [4.69, 9.17) is 14.2 Å².